The highest BCUT2D eigenvalue weighted by atomic mass is 19.1. The number of benzene rings is 2. The number of aromatic nitrogens is 3. The molecule has 3 aromatic rings. The number of hydrogen-bond donors (Lipinski definition) is 2. The molecule has 0 saturated carbocycles. The molecule has 2 N–H and O–H groups in total. The smallest absolute Gasteiger partial charge is 0.278 e. The minimum Gasteiger partial charge on any atom is -0.392 e. The summed E-state index contributed by atoms with van der Waals surface area (Å²) < 4.78 is 14.6. The standard InChI is InChI=1S/C18H17FN4O2/c1-12-17(18(25)20-16-8-4-14(11-24)5-9-16)21-22-23(12)10-13-2-6-15(19)7-3-13/h2-9,24H,10-11H2,1H3,(H,20,25). The Kier molecular flexibility index (Phi) is 4.85. The van der Waals surface area contributed by atoms with Crippen molar-refractivity contribution in [3.8, 4) is 0 Å². The first-order valence-electron chi connectivity index (χ1n) is 7.72. The number of rotatable bonds is 5. The van der Waals surface area contributed by atoms with E-state index in [4.69, 9.17) is 5.11 Å². The van der Waals surface area contributed by atoms with E-state index in [0.717, 1.165) is 11.1 Å². The van der Waals surface area contributed by atoms with Crippen molar-refractivity contribution in [2.24, 2.45) is 0 Å². The molecule has 0 aliphatic heterocycles. The summed E-state index contributed by atoms with van der Waals surface area (Å²) in [5.41, 5.74) is 3.08. The van der Waals surface area contributed by atoms with E-state index < -0.39 is 0 Å². The van der Waals surface area contributed by atoms with Crippen molar-refractivity contribution in [2.75, 3.05) is 5.32 Å². The van der Waals surface area contributed by atoms with Gasteiger partial charge in [-0.3, -0.25) is 4.79 Å². The number of anilines is 1. The lowest BCUT2D eigenvalue weighted by Crippen LogP contribution is -2.14. The number of aliphatic hydroxyl groups excluding tert-OH is 1. The highest BCUT2D eigenvalue weighted by molar-refractivity contribution is 6.03. The van der Waals surface area contributed by atoms with Crippen LogP contribution in [0.4, 0.5) is 10.1 Å². The molecule has 7 heteroatoms. The van der Waals surface area contributed by atoms with Crippen LogP contribution in [-0.2, 0) is 13.2 Å². The maximum absolute atomic E-state index is 13.0. The molecule has 0 aliphatic carbocycles. The maximum Gasteiger partial charge on any atom is 0.278 e. The topological polar surface area (TPSA) is 80.0 Å². The van der Waals surface area contributed by atoms with Gasteiger partial charge in [0, 0.05) is 5.69 Å². The Labute approximate surface area is 143 Å². The third-order valence-electron chi connectivity index (χ3n) is 3.84. The van der Waals surface area contributed by atoms with Gasteiger partial charge in [-0.2, -0.15) is 0 Å². The van der Waals surface area contributed by atoms with Gasteiger partial charge < -0.3 is 10.4 Å². The van der Waals surface area contributed by atoms with Crippen molar-refractivity contribution in [3.05, 3.63) is 76.9 Å². The first-order valence-corrected chi connectivity index (χ1v) is 7.72. The van der Waals surface area contributed by atoms with Crippen molar-refractivity contribution in [1.29, 1.82) is 0 Å². The molecule has 1 amide bonds. The molecular formula is C18H17FN4O2. The Morgan fingerprint density at radius 3 is 2.40 bits per heavy atom. The summed E-state index contributed by atoms with van der Waals surface area (Å²) in [6.07, 6.45) is 0. The van der Waals surface area contributed by atoms with Crippen LogP contribution in [0.2, 0.25) is 0 Å². The number of carbonyl (C=O) groups is 1. The number of nitrogens with one attached hydrogen (secondary N) is 1. The lowest BCUT2D eigenvalue weighted by atomic mass is 10.2. The Balaban J connectivity index is 1.72. The summed E-state index contributed by atoms with van der Waals surface area (Å²) in [4.78, 5) is 12.4. The lowest BCUT2D eigenvalue weighted by Gasteiger charge is -2.06. The Morgan fingerprint density at radius 1 is 1.12 bits per heavy atom. The number of amides is 1. The average molecular weight is 340 g/mol. The van der Waals surface area contributed by atoms with Gasteiger partial charge in [0.1, 0.15) is 5.82 Å². The molecule has 25 heavy (non-hydrogen) atoms. The molecule has 0 fully saturated rings. The summed E-state index contributed by atoms with van der Waals surface area (Å²) in [6.45, 7) is 2.11. The zero-order chi connectivity index (χ0) is 17.8. The molecule has 0 unspecified atom stereocenters. The Hall–Kier alpha value is -3.06. The number of halogens is 1. The van der Waals surface area contributed by atoms with Crippen molar-refractivity contribution in [1.82, 2.24) is 15.0 Å². The van der Waals surface area contributed by atoms with Crippen molar-refractivity contribution < 1.29 is 14.3 Å². The van der Waals surface area contributed by atoms with E-state index in [-0.39, 0.29) is 24.0 Å². The Bertz CT molecular complexity index is 873. The third-order valence-corrected chi connectivity index (χ3v) is 3.84. The molecule has 0 saturated heterocycles. The Morgan fingerprint density at radius 2 is 1.76 bits per heavy atom. The van der Waals surface area contributed by atoms with Crippen LogP contribution >= 0.6 is 0 Å². The fraction of sp³-hybridized carbons (Fsp3) is 0.167. The molecule has 0 aliphatic rings. The van der Waals surface area contributed by atoms with E-state index in [0.29, 0.717) is 17.9 Å². The van der Waals surface area contributed by atoms with Gasteiger partial charge in [-0.25, -0.2) is 9.07 Å². The van der Waals surface area contributed by atoms with E-state index in [1.54, 1.807) is 48.0 Å². The number of hydrogen-bond acceptors (Lipinski definition) is 4. The largest absolute Gasteiger partial charge is 0.392 e. The van der Waals surface area contributed by atoms with Crippen LogP contribution in [0.25, 0.3) is 0 Å². The fourth-order valence-electron chi connectivity index (χ4n) is 2.37. The van der Waals surface area contributed by atoms with Gasteiger partial charge in [-0.15, -0.1) is 5.10 Å². The first kappa shape index (κ1) is 16.8. The predicted octanol–water partition coefficient (Wildman–Crippen LogP) is 2.52. The van der Waals surface area contributed by atoms with E-state index in [9.17, 15) is 9.18 Å². The number of carbonyl (C=O) groups excluding carboxylic acids is 1. The molecule has 1 heterocycles. The molecule has 0 bridgehead atoms. The highest BCUT2D eigenvalue weighted by Gasteiger charge is 2.16. The summed E-state index contributed by atoms with van der Waals surface area (Å²) in [6, 6.07) is 13.0. The molecule has 6 nitrogen and oxygen atoms in total. The number of nitrogens with zero attached hydrogens (tertiary/aromatic N) is 3. The van der Waals surface area contributed by atoms with Crippen LogP contribution in [0, 0.1) is 12.7 Å². The van der Waals surface area contributed by atoms with Gasteiger partial charge in [0.2, 0.25) is 0 Å². The van der Waals surface area contributed by atoms with Gasteiger partial charge in [-0.05, 0) is 42.3 Å². The second-order valence-corrected chi connectivity index (χ2v) is 5.62. The second-order valence-electron chi connectivity index (χ2n) is 5.62. The maximum atomic E-state index is 13.0. The SMILES string of the molecule is Cc1c(C(=O)Nc2ccc(CO)cc2)nnn1Cc1ccc(F)cc1. The van der Waals surface area contributed by atoms with Gasteiger partial charge in [0.05, 0.1) is 18.8 Å². The summed E-state index contributed by atoms with van der Waals surface area (Å²) >= 11 is 0. The number of aliphatic hydroxyl groups is 1. The van der Waals surface area contributed by atoms with Crippen LogP contribution in [0.1, 0.15) is 27.3 Å². The molecule has 3 rings (SSSR count). The normalized spacial score (nSPS) is 10.7. The molecule has 0 atom stereocenters. The van der Waals surface area contributed by atoms with Gasteiger partial charge in [-0.1, -0.05) is 29.5 Å². The van der Waals surface area contributed by atoms with E-state index in [1.165, 1.54) is 12.1 Å². The van der Waals surface area contributed by atoms with Crippen LogP contribution in [0.3, 0.4) is 0 Å². The molecule has 128 valence electrons. The van der Waals surface area contributed by atoms with Gasteiger partial charge in [0.25, 0.3) is 5.91 Å². The molecule has 0 spiro atoms. The second kappa shape index (κ2) is 7.23. The minimum absolute atomic E-state index is 0.0505. The van der Waals surface area contributed by atoms with Crippen molar-refractivity contribution in [3.63, 3.8) is 0 Å². The molecule has 1 aromatic heterocycles. The monoisotopic (exact) mass is 340 g/mol. The van der Waals surface area contributed by atoms with E-state index in [2.05, 4.69) is 15.6 Å². The summed E-state index contributed by atoms with van der Waals surface area (Å²) in [7, 11) is 0. The van der Waals surface area contributed by atoms with E-state index >= 15 is 0 Å². The highest BCUT2D eigenvalue weighted by Crippen LogP contribution is 2.13. The van der Waals surface area contributed by atoms with Crippen LogP contribution in [0.5, 0.6) is 0 Å². The predicted molar refractivity (Wildman–Crippen MR) is 90.6 cm³/mol. The van der Waals surface area contributed by atoms with Crippen molar-refractivity contribution >= 4 is 11.6 Å². The third kappa shape index (κ3) is 3.89. The summed E-state index contributed by atoms with van der Waals surface area (Å²) in [5, 5.41) is 19.7. The average Bonchev–Trinajstić information content (AvgIpc) is 2.98. The zero-order valence-corrected chi connectivity index (χ0v) is 13.6. The van der Waals surface area contributed by atoms with Crippen LogP contribution in [-0.4, -0.2) is 26.0 Å². The molecular weight excluding hydrogens is 323 g/mol. The molecule has 0 radical (unpaired) electrons. The summed E-state index contributed by atoms with van der Waals surface area (Å²) in [5.74, 6) is -0.661. The molecule has 2 aromatic carbocycles. The zero-order valence-electron chi connectivity index (χ0n) is 13.6. The van der Waals surface area contributed by atoms with Gasteiger partial charge >= 0.3 is 0 Å². The lowest BCUT2D eigenvalue weighted by molar-refractivity contribution is 0.102. The van der Waals surface area contributed by atoms with E-state index in [1.807, 2.05) is 0 Å². The quantitative estimate of drug-likeness (QED) is 0.748. The minimum atomic E-state index is -0.361. The first-order chi connectivity index (χ1) is 12.1. The van der Waals surface area contributed by atoms with Gasteiger partial charge in [0.15, 0.2) is 5.69 Å². The van der Waals surface area contributed by atoms with Crippen molar-refractivity contribution in [2.45, 2.75) is 20.1 Å². The van der Waals surface area contributed by atoms with Crippen LogP contribution < -0.4 is 5.32 Å². The van der Waals surface area contributed by atoms with Crippen LogP contribution in [0.15, 0.2) is 48.5 Å². The fourth-order valence-corrected chi connectivity index (χ4v) is 2.37.